The van der Waals surface area contributed by atoms with E-state index >= 15 is 0 Å². The average Bonchev–Trinajstić information content (AvgIpc) is 2.64. The summed E-state index contributed by atoms with van der Waals surface area (Å²) in [4.78, 5) is 0.516. The van der Waals surface area contributed by atoms with Crippen molar-refractivity contribution >= 4 is 11.3 Å². The van der Waals surface area contributed by atoms with Gasteiger partial charge in [0.1, 0.15) is 11.5 Å². The molecule has 1 heterocycles. The molecule has 0 aliphatic rings. The number of ether oxygens (including phenoxy) is 1. The molecule has 0 fully saturated rings. The molecule has 1 aromatic carbocycles. The second-order valence-corrected chi connectivity index (χ2v) is 4.12. The van der Waals surface area contributed by atoms with E-state index in [1.54, 1.807) is 18.2 Å². The van der Waals surface area contributed by atoms with E-state index in [0.717, 1.165) is 11.3 Å². The number of hydrogen-bond donors (Lipinski definition) is 1. The van der Waals surface area contributed by atoms with Gasteiger partial charge >= 0.3 is 6.36 Å². The van der Waals surface area contributed by atoms with Crippen LogP contribution in [0.1, 0.15) is 0 Å². The summed E-state index contributed by atoms with van der Waals surface area (Å²) >= 11 is 1.07. The zero-order valence-electron chi connectivity index (χ0n) is 8.36. The highest BCUT2D eigenvalue weighted by Gasteiger charge is 2.31. The summed E-state index contributed by atoms with van der Waals surface area (Å²) in [6, 6.07) is 7.67. The highest BCUT2D eigenvalue weighted by Crippen LogP contribution is 2.37. The molecule has 0 unspecified atom stereocenters. The number of aromatic hydroxyl groups is 1. The zero-order valence-corrected chi connectivity index (χ0v) is 9.18. The fraction of sp³-hybridized carbons (Fsp3) is 0.0909. The third kappa shape index (κ3) is 2.91. The van der Waals surface area contributed by atoms with E-state index in [-0.39, 0.29) is 11.5 Å². The Hall–Kier alpha value is -1.69. The van der Waals surface area contributed by atoms with Gasteiger partial charge in [0.2, 0.25) is 0 Å². The molecular formula is C11H7F3O2S. The van der Waals surface area contributed by atoms with Crippen molar-refractivity contribution in [1.82, 2.24) is 0 Å². The molecule has 0 aliphatic heterocycles. The molecule has 0 aliphatic carbocycles. The Labute approximate surface area is 98.9 Å². The number of rotatable bonds is 2. The minimum absolute atomic E-state index is 0.0212. The Morgan fingerprint density at radius 2 is 1.88 bits per heavy atom. The van der Waals surface area contributed by atoms with E-state index in [1.807, 2.05) is 0 Å². The normalized spacial score (nSPS) is 11.5. The van der Waals surface area contributed by atoms with Crippen molar-refractivity contribution in [2.45, 2.75) is 6.36 Å². The van der Waals surface area contributed by atoms with Gasteiger partial charge in [-0.15, -0.1) is 24.5 Å². The molecule has 0 saturated carbocycles. The molecule has 2 nitrogen and oxygen atoms in total. The van der Waals surface area contributed by atoms with Gasteiger partial charge in [-0.25, -0.2) is 0 Å². The predicted octanol–water partition coefficient (Wildman–Crippen LogP) is 4.02. The monoisotopic (exact) mass is 260 g/mol. The maximum absolute atomic E-state index is 12.0. The quantitative estimate of drug-likeness (QED) is 0.883. The second-order valence-electron chi connectivity index (χ2n) is 3.21. The molecular weight excluding hydrogens is 253 g/mol. The van der Waals surface area contributed by atoms with Crippen molar-refractivity contribution in [3.8, 4) is 21.9 Å². The van der Waals surface area contributed by atoms with Crippen LogP contribution in [0.2, 0.25) is 0 Å². The summed E-state index contributed by atoms with van der Waals surface area (Å²) in [5.41, 5.74) is 0.481. The SMILES string of the molecule is Oc1ccccc1-c1cc(OC(F)(F)F)cs1. The summed E-state index contributed by atoms with van der Waals surface area (Å²) in [5, 5.41) is 10.8. The van der Waals surface area contributed by atoms with Crippen LogP contribution in [0.25, 0.3) is 10.4 Å². The Morgan fingerprint density at radius 1 is 1.18 bits per heavy atom. The molecule has 1 aromatic heterocycles. The van der Waals surface area contributed by atoms with E-state index in [9.17, 15) is 18.3 Å². The van der Waals surface area contributed by atoms with Crippen molar-refractivity contribution in [3.05, 3.63) is 35.7 Å². The first-order valence-electron chi connectivity index (χ1n) is 4.58. The predicted molar refractivity (Wildman–Crippen MR) is 58.1 cm³/mol. The Bertz CT molecular complexity index is 519. The molecule has 0 spiro atoms. The standard InChI is InChI=1S/C11H7F3O2S/c12-11(13,14)16-7-5-10(17-6-7)8-3-1-2-4-9(8)15/h1-6,15H. The first-order chi connectivity index (χ1) is 7.96. The van der Waals surface area contributed by atoms with Gasteiger partial charge in [0.05, 0.1) is 0 Å². The maximum Gasteiger partial charge on any atom is 0.573 e. The molecule has 0 amide bonds. The minimum atomic E-state index is -4.70. The highest BCUT2D eigenvalue weighted by atomic mass is 32.1. The van der Waals surface area contributed by atoms with Crippen molar-refractivity contribution in [1.29, 1.82) is 0 Å². The number of phenols is 1. The average molecular weight is 260 g/mol. The fourth-order valence-electron chi connectivity index (χ4n) is 1.33. The number of halogens is 3. The van der Waals surface area contributed by atoms with Crippen molar-refractivity contribution in [3.63, 3.8) is 0 Å². The van der Waals surface area contributed by atoms with Crippen LogP contribution in [0.15, 0.2) is 35.7 Å². The third-order valence-corrected chi connectivity index (χ3v) is 2.92. The number of alkyl halides is 3. The Balaban J connectivity index is 2.28. The first-order valence-corrected chi connectivity index (χ1v) is 5.46. The Morgan fingerprint density at radius 3 is 2.53 bits per heavy atom. The lowest BCUT2D eigenvalue weighted by atomic mass is 10.1. The van der Waals surface area contributed by atoms with Crippen LogP contribution in [0, 0.1) is 0 Å². The maximum atomic E-state index is 12.0. The van der Waals surface area contributed by atoms with Gasteiger partial charge < -0.3 is 9.84 Å². The van der Waals surface area contributed by atoms with E-state index in [4.69, 9.17) is 0 Å². The minimum Gasteiger partial charge on any atom is -0.507 e. The van der Waals surface area contributed by atoms with E-state index < -0.39 is 6.36 Å². The summed E-state index contributed by atoms with van der Waals surface area (Å²) in [6.07, 6.45) is -4.70. The zero-order chi connectivity index (χ0) is 12.5. The van der Waals surface area contributed by atoms with Gasteiger partial charge in [-0.1, -0.05) is 12.1 Å². The lowest BCUT2D eigenvalue weighted by Gasteiger charge is -2.05. The van der Waals surface area contributed by atoms with Gasteiger partial charge in [-0.3, -0.25) is 0 Å². The van der Waals surface area contributed by atoms with E-state index in [2.05, 4.69) is 4.74 Å². The second kappa shape index (κ2) is 4.29. The summed E-state index contributed by atoms with van der Waals surface area (Å²) < 4.78 is 39.7. The number of para-hydroxylation sites is 1. The van der Waals surface area contributed by atoms with Crippen LogP contribution in [0.3, 0.4) is 0 Å². The molecule has 2 aromatic rings. The molecule has 0 atom stereocenters. The largest absolute Gasteiger partial charge is 0.573 e. The van der Waals surface area contributed by atoms with Crippen LogP contribution in [-0.4, -0.2) is 11.5 Å². The van der Waals surface area contributed by atoms with Gasteiger partial charge in [-0.2, -0.15) is 0 Å². The van der Waals surface area contributed by atoms with Crippen LogP contribution >= 0.6 is 11.3 Å². The number of thiophene rings is 1. The number of phenolic OH excluding ortho intramolecular Hbond substituents is 1. The fourth-order valence-corrected chi connectivity index (χ4v) is 2.17. The van der Waals surface area contributed by atoms with Gasteiger partial charge in [0, 0.05) is 15.8 Å². The van der Waals surface area contributed by atoms with E-state index in [1.165, 1.54) is 17.5 Å². The van der Waals surface area contributed by atoms with E-state index in [0.29, 0.717) is 10.4 Å². The lowest BCUT2D eigenvalue weighted by molar-refractivity contribution is -0.274. The first kappa shape index (κ1) is 11.8. The molecule has 90 valence electrons. The van der Waals surface area contributed by atoms with Crippen molar-refractivity contribution in [2.75, 3.05) is 0 Å². The topological polar surface area (TPSA) is 29.5 Å². The van der Waals surface area contributed by atoms with Gasteiger partial charge in [0.15, 0.2) is 0 Å². The summed E-state index contributed by atoms with van der Waals surface area (Å²) in [7, 11) is 0. The molecule has 17 heavy (non-hydrogen) atoms. The van der Waals surface area contributed by atoms with Crippen LogP contribution < -0.4 is 4.74 Å². The third-order valence-electron chi connectivity index (χ3n) is 1.98. The smallest absolute Gasteiger partial charge is 0.507 e. The van der Waals surface area contributed by atoms with Crippen LogP contribution in [0.4, 0.5) is 13.2 Å². The molecule has 2 rings (SSSR count). The molecule has 0 radical (unpaired) electrons. The number of benzene rings is 1. The van der Waals surface area contributed by atoms with Gasteiger partial charge in [-0.05, 0) is 18.2 Å². The summed E-state index contributed by atoms with van der Waals surface area (Å²) in [5.74, 6) is -0.256. The lowest BCUT2D eigenvalue weighted by Crippen LogP contribution is -2.16. The highest BCUT2D eigenvalue weighted by molar-refractivity contribution is 7.13. The van der Waals surface area contributed by atoms with Crippen molar-refractivity contribution in [2.24, 2.45) is 0 Å². The van der Waals surface area contributed by atoms with Crippen molar-refractivity contribution < 1.29 is 23.0 Å². The molecule has 1 N–H and O–H groups in total. The molecule has 6 heteroatoms. The molecule has 0 saturated heterocycles. The van der Waals surface area contributed by atoms with Gasteiger partial charge in [0.25, 0.3) is 0 Å². The Kier molecular flexibility index (Phi) is 2.97. The summed E-state index contributed by atoms with van der Waals surface area (Å²) in [6.45, 7) is 0. The van der Waals surface area contributed by atoms with Crippen LogP contribution in [0.5, 0.6) is 11.5 Å². The molecule has 0 bridgehead atoms. The number of hydrogen-bond acceptors (Lipinski definition) is 3. The van der Waals surface area contributed by atoms with Crippen LogP contribution in [-0.2, 0) is 0 Å².